The van der Waals surface area contributed by atoms with Gasteiger partial charge in [0.05, 0.1) is 0 Å². The van der Waals surface area contributed by atoms with E-state index in [0.29, 0.717) is 0 Å². The molecule has 0 amide bonds. The number of benzene rings is 1. The minimum Gasteiger partial charge on any atom is -0.385 e. The molecule has 2 N–H and O–H groups in total. The Morgan fingerprint density at radius 1 is 1.25 bits per heavy atom. The van der Waals surface area contributed by atoms with Crippen molar-refractivity contribution in [2.45, 2.75) is 45.2 Å². The minimum atomic E-state index is 0.253. The molecule has 2 rings (SSSR count). The number of aryl methyl sites for hydroxylation is 1. The van der Waals surface area contributed by atoms with Gasteiger partial charge in [-0.2, -0.15) is 0 Å². The van der Waals surface area contributed by atoms with Crippen LogP contribution in [-0.4, -0.2) is 24.3 Å². The summed E-state index contributed by atoms with van der Waals surface area (Å²) in [4.78, 5) is 0. The average Bonchev–Trinajstić information content (AvgIpc) is 2.82. The van der Waals surface area contributed by atoms with Gasteiger partial charge in [0.15, 0.2) is 0 Å². The van der Waals surface area contributed by atoms with Crippen LogP contribution in [0.5, 0.6) is 0 Å². The molecule has 1 aromatic carbocycles. The first-order chi connectivity index (χ1) is 9.76. The summed E-state index contributed by atoms with van der Waals surface area (Å²) in [6.07, 6.45) is 6.51. The summed E-state index contributed by atoms with van der Waals surface area (Å²) >= 11 is 0. The van der Waals surface area contributed by atoms with Gasteiger partial charge in [-0.3, -0.25) is 0 Å². The van der Waals surface area contributed by atoms with Crippen molar-refractivity contribution in [3.8, 4) is 0 Å². The summed E-state index contributed by atoms with van der Waals surface area (Å²) in [6.45, 7) is 4.03. The fourth-order valence-electron chi connectivity index (χ4n) is 2.63. The van der Waals surface area contributed by atoms with Crippen molar-refractivity contribution in [3.63, 3.8) is 0 Å². The zero-order valence-corrected chi connectivity index (χ0v) is 12.6. The molecule has 0 spiro atoms. The molecule has 0 aliphatic carbocycles. The smallest absolute Gasteiger partial charge is 0.0483 e. The van der Waals surface area contributed by atoms with E-state index in [1.807, 2.05) is 0 Å². The van der Waals surface area contributed by atoms with Crippen molar-refractivity contribution >= 4 is 10.9 Å². The molecule has 1 aromatic heterocycles. The minimum absolute atomic E-state index is 0.253. The number of nitrogens with zero attached hydrogens (tertiary/aromatic N) is 1. The van der Waals surface area contributed by atoms with Crippen LogP contribution in [0.15, 0.2) is 30.5 Å². The van der Waals surface area contributed by atoms with Crippen molar-refractivity contribution < 1.29 is 4.74 Å². The molecule has 1 atom stereocenters. The molecule has 3 nitrogen and oxygen atoms in total. The average molecular weight is 274 g/mol. The van der Waals surface area contributed by atoms with Crippen LogP contribution < -0.4 is 5.73 Å². The molecule has 1 unspecified atom stereocenters. The number of methoxy groups -OCH3 is 1. The molecule has 3 heteroatoms. The third-order valence-electron chi connectivity index (χ3n) is 3.88. The Labute approximate surface area is 121 Å². The zero-order chi connectivity index (χ0) is 14.4. The lowest BCUT2D eigenvalue weighted by Crippen LogP contribution is -2.21. The van der Waals surface area contributed by atoms with Crippen LogP contribution in [-0.2, 0) is 17.7 Å². The Bertz CT molecular complexity index is 533. The molecule has 110 valence electrons. The van der Waals surface area contributed by atoms with Crippen LogP contribution in [0.25, 0.3) is 10.9 Å². The van der Waals surface area contributed by atoms with E-state index >= 15 is 0 Å². The first-order valence-electron chi connectivity index (χ1n) is 7.57. The topological polar surface area (TPSA) is 40.2 Å². The lowest BCUT2D eigenvalue weighted by Gasteiger charge is -2.06. The summed E-state index contributed by atoms with van der Waals surface area (Å²) in [5.41, 5.74) is 8.82. The molecular weight excluding hydrogens is 248 g/mol. The fourth-order valence-corrected chi connectivity index (χ4v) is 2.63. The maximum absolute atomic E-state index is 6.12. The third-order valence-corrected chi connectivity index (χ3v) is 3.88. The molecule has 2 aromatic rings. The van der Waals surface area contributed by atoms with Crippen LogP contribution in [0.4, 0.5) is 0 Å². The number of rotatable bonds is 8. The lowest BCUT2D eigenvalue weighted by molar-refractivity contribution is 0.191. The number of para-hydroxylation sites is 1. The number of unbranched alkanes of at least 4 members (excludes halogenated alkanes) is 1. The van der Waals surface area contributed by atoms with Gasteiger partial charge in [-0.1, -0.05) is 25.1 Å². The van der Waals surface area contributed by atoms with Crippen LogP contribution >= 0.6 is 0 Å². The Morgan fingerprint density at radius 2 is 2.05 bits per heavy atom. The van der Waals surface area contributed by atoms with Crippen molar-refractivity contribution in [2.24, 2.45) is 5.73 Å². The standard InChI is InChI=1S/C17H26N2O/c1-3-15(18)12-14-13-19(10-6-7-11-20-2)17-9-5-4-8-16(14)17/h4-5,8-9,13,15H,3,6-7,10-12,18H2,1-2H3. The highest BCUT2D eigenvalue weighted by atomic mass is 16.5. The van der Waals surface area contributed by atoms with E-state index in [-0.39, 0.29) is 6.04 Å². The van der Waals surface area contributed by atoms with Gasteiger partial charge in [-0.05, 0) is 37.3 Å². The second kappa shape index (κ2) is 7.46. The van der Waals surface area contributed by atoms with E-state index in [1.165, 1.54) is 16.5 Å². The van der Waals surface area contributed by atoms with Gasteiger partial charge in [0, 0.05) is 43.4 Å². The van der Waals surface area contributed by atoms with Gasteiger partial charge in [-0.25, -0.2) is 0 Å². The highest BCUT2D eigenvalue weighted by Crippen LogP contribution is 2.23. The molecule has 0 radical (unpaired) electrons. The van der Waals surface area contributed by atoms with Crippen LogP contribution in [0.2, 0.25) is 0 Å². The first-order valence-corrected chi connectivity index (χ1v) is 7.57. The SMILES string of the molecule is CCC(N)Cc1cn(CCCCOC)c2ccccc12. The Kier molecular flexibility index (Phi) is 5.62. The summed E-state index contributed by atoms with van der Waals surface area (Å²) in [5.74, 6) is 0. The Hall–Kier alpha value is -1.32. The van der Waals surface area contributed by atoms with Crippen molar-refractivity contribution in [1.29, 1.82) is 0 Å². The van der Waals surface area contributed by atoms with E-state index in [1.54, 1.807) is 7.11 Å². The molecule has 0 saturated heterocycles. The predicted octanol–water partition coefficient (Wildman–Crippen LogP) is 3.35. The van der Waals surface area contributed by atoms with E-state index in [2.05, 4.69) is 42.0 Å². The van der Waals surface area contributed by atoms with E-state index in [9.17, 15) is 0 Å². The summed E-state index contributed by atoms with van der Waals surface area (Å²) in [6, 6.07) is 8.88. The maximum atomic E-state index is 6.12. The predicted molar refractivity (Wildman–Crippen MR) is 85.0 cm³/mol. The molecule has 0 bridgehead atoms. The monoisotopic (exact) mass is 274 g/mol. The van der Waals surface area contributed by atoms with Crippen LogP contribution in [0.1, 0.15) is 31.7 Å². The van der Waals surface area contributed by atoms with E-state index in [0.717, 1.165) is 38.8 Å². The Morgan fingerprint density at radius 3 is 2.80 bits per heavy atom. The number of nitrogens with two attached hydrogens (primary N) is 1. The third kappa shape index (κ3) is 3.62. The van der Waals surface area contributed by atoms with Gasteiger partial charge in [0.2, 0.25) is 0 Å². The second-order valence-electron chi connectivity index (χ2n) is 5.44. The number of hydrogen-bond donors (Lipinski definition) is 1. The van der Waals surface area contributed by atoms with Gasteiger partial charge in [0.25, 0.3) is 0 Å². The lowest BCUT2D eigenvalue weighted by atomic mass is 10.0. The number of hydrogen-bond acceptors (Lipinski definition) is 2. The summed E-state index contributed by atoms with van der Waals surface area (Å²) < 4.78 is 7.48. The van der Waals surface area contributed by atoms with E-state index in [4.69, 9.17) is 10.5 Å². The number of fused-ring (bicyclic) bond motifs is 1. The molecular formula is C17H26N2O. The molecule has 0 aliphatic heterocycles. The number of ether oxygens (including phenoxy) is 1. The van der Waals surface area contributed by atoms with E-state index < -0.39 is 0 Å². The summed E-state index contributed by atoms with van der Waals surface area (Å²) in [7, 11) is 1.76. The molecule has 0 fully saturated rings. The highest BCUT2D eigenvalue weighted by Gasteiger charge is 2.10. The van der Waals surface area contributed by atoms with Crippen molar-refractivity contribution in [3.05, 3.63) is 36.0 Å². The van der Waals surface area contributed by atoms with Gasteiger partial charge in [0.1, 0.15) is 0 Å². The van der Waals surface area contributed by atoms with Gasteiger partial charge < -0.3 is 15.0 Å². The van der Waals surface area contributed by atoms with Gasteiger partial charge >= 0.3 is 0 Å². The van der Waals surface area contributed by atoms with Crippen molar-refractivity contribution in [2.75, 3.05) is 13.7 Å². The quantitative estimate of drug-likeness (QED) is 0.750. The highest BCUT2D eigenvalue weighted by molar-refractivity contribution is 5.84. The maximum Gasteiger partial charge on any atom is 0.0483 e. The Balaban J connectivity index is 2.17. The van der Waals surface area contributed by atoms with Crippen LogP contribution in [0, 0.1) is 0 Å². The molecule has 0 aliphatic rings. The van der Waals surface area contributed by atoms with Crippen LogP contribution in [0.3, 0.4) is 0 Å². The molecule has 20 heavy (non-hydrogen) atoms. The summed E-state index contributed by atoms with van der Waals surface area (Å²) in [5, 5.41) is 1.35. The normalized spacial score (nSPS) is 12.9. The van der Waals surface area contributed by atoms with Gasteiger partial charge in [-0.15, -0.1) is 0 Å². The largest absolute Gasteiger partial charge is 0.385 e. The molecule has 0 saturated carbocycles. The number of aromatic nitrogens is 1. The van der Waals surface area contributed by atoms with Crippen molar-refractivity contribution in [1.82, 2.24) is 4.57 Å². The second-order valence-corrected chi connectivity index (χ2v) is 5.44. The first kappa shape index (κ1) is 15.1. The zero-order valence-electron chi connectivity index (χ0n) is 12.6. The molecule has 1 heterocycles. The fraction of sp³-hybridized carbons (Fsp3) is 0.529.